The Balaban J connectivity index is 2.08. The molecule has 7 heteroatoms. The molecule has 26 heavy (non-hydrogen) atoms. The Bertz CT molecular complexity index is 829. The summed E-state index contributed by atoms with van der Waals surface area (Å²) in [6.45, 7) is 3.09. The van der Waals surface area contributed by atoms with Crippen LogP contribution >= 0.6 is 11.8 Å². The molecule has 6 nitrogen and oxygen atoms in total. The molecule has 0 aliphatic heterocycles. The number of anilines is 2. The summed E-state index contributed by atoms with van der Waals surface area (Å²) in [7, 11) is 1.69. The zero-order chi connectivity index (χ0) is 18.8. The molecular formula is C19H25N5OS. The molecule has 138 valence electrons. The number of rotatable bonds is 9. The molecule has 3 N–H and O–H groups in total. The number of aromatic nitrogens is 2. The van der Waals surface area contributed by atoms with Gasteiger partial charge in [0.25, 0.3) is 5.56 Å². The lowest BCUT2D eigenvalue weighted by molar-refractivity contribution is 0.821. The van der Waals surface area contributed by atoms with Gasteiger partial charge in [0.05, 0.1) is 12.2 Å². The van der Waals surface area contributed by atoms with Crippen molar-refractivity contribution in [2.75, 3.05) is 35.9 Å². The van der Waals surface area contributed by atoms with Gasteiger partial charge in [0.1, 0.15) is 0 Å². The molecule has 0 aliphatic carbocycles. The third kappa shape index (κ3) is 6.00. The van der Waals surface area contributed by atoms with Crippen LogP contribution in [-0.4, -0.2) is 29.5 Å². The average molecular weight is 372 g/mol. The molecule has 0 spiro atoms. The minimum Gasteiger partial charge on any atom is -0.379 e. The van der Waals surface area contributed by atoms with Crippen LogP contribution in [0.1, 0.15) is 11.3 Å². The van der Waals surface area contributed by atoms with Gasteiger partial charge in [-0.2, -0.15) is 4.68 Å². The highest BCUT2D eigenvalue weighted by molar-refractivity contribution is 8.01. The monoisotopic (exact) mass is 371 g/mol. The minimum absolute atomic E-state index is 0.155. The molecule has 0 bridgehead atoms. The normalized spacial score (nSPS) is 11.2. The first-order chi connectivity index (χ1) is 12.6. The first kappa shape index (κ1) is 19.7. The number of hydrogen-bond acceptors (Lipinski definition) is 6. The van der Waals surface area contributed by atoms with Crippen LogP contribution in [-0.2, 0) is 6.54 Å². The second-order valence-corrected chi connectivity index (χ2v) is 6.31. The predicted molar refractivity (Wildman–Crippen MR) is 113 cm³/mol. The van der Waals surface area contributed by atoms with Crippen LogP contribution in [0.15, 0.2) is 58.8 Å². The van der Waals surface area contributed by atoms with Crippen molar-refractivity contribution in [1.29, 1.82) is 0 Å². The van der Waals surface area contributed by atoms with Crippen LogP contribution in [0.3, 0.4) is 0 Å². The summed E-state index contributed by atoms with van der Waals surface area (Å²) in [5, 5.41) is 8.46. The van der Waals surface area contributed by atoms with E-state index >= 15 is 0 Å². The van der Waals surface area contributed by atoms with Gasteiger partial charge < -0.3 is 16.1 Å². The minimum atomic E-state index is -0.155. The fourth-order valence-corrected chi connectivity index (χ4v) is 2.57. The lowest BCUT2D eigenvalue weighted by Gasteiger charge is -2.14. The standard InChI is InChI=1S/C19H25N5OS/c1-15-8-7-9-16(12-15)22-14-17-13-18(25)24(20-2)19(23-17)21-10-5-4-6-11-26-3/h4-9,11-13,20,22H,10,14H2,1-3H3,(H,21,23)/b5-4+,11-6-. The quantitative estimate of drug-likeness (QED) is 0.588. The summed E-state index contributed by atoms with van der Waals surface area (Å²) in [5.41, 5.74) is 5.55. The Kier molecular flexibility index (Phi) is 7.82. The number of nitrogens with zero attached hydrogens (tertiary/aromatic N) is 2. The molecule has 0 atom stereocenters. The number of thioether (sulfide) groups is 1. The van der Waals surface area contributed by atoms with Gasteiger partial charge in [-0.25, -0.2) is 4.98 Å². The van der Waals surface area contributed by atoms with Crippen LogP contribution in [0.2, 0.25) is 0 Å². The smallest absolute Gasteiger partial charge is 0.273 e. The Morgan fingerprint density at radius 2 is 2.08 bits per heavy atom. The zero-order valence-corrected chi connectivity index (χ0v) is 16.1. The van der Waals surface area contributed by atoms with Gasteiger partial charge in [-0.3, -0.25) is 4.79 Å². The third-order valence-electron chi connectivity index (χ3n) is 3.53. The van der Waals surface area contributed by atoms with E-state index in [4.69, 9.17) is 0 Å². The Labute approximate surface area is 158 Å². The Morgan fingerprint density at radius 3 is 2.81 bits per heavy atom. The van der Waals surface area contributed by atoms with Crippen molar-refractivity contribution in [2.45, 2.75) is 13.5 Å². The van der Waals surface area contributed by atoms with Crippen molar-refractivity contribution < 1.29 is 0 Å². The largest absolute Gasteiger partial charge is 0.379 e. The molecule has 0 radical (unpaired) electrons. The summed E-state index contributed by atoms with van der Waals surface area (Å²) in [6, 6.07) is 9.62. The second-order valence-electron chi connectivity index (χ2n) is 5.56. The van der Waals surface area contributed by atoms with Crippen LogP contribution < -0.4 is 21.6 Å². The highest BCUT2D eigenvalue weighted by atomic mass is 32.2. The molecule has 2 rings (SSSR count). The second kappa shape index (κ2) is 10.4. The summed E-state index contributed by atoms with van der Waals surface area (Å²) in [6.07, 6.45) is 7.90. The molecule has 1 heterocycles. The molecule has 0 aliphatic rings. The number of benzene rings is 1. The number of hydrogen-bond donors (Lipinski definition) is 3. The Morgan fingerprint density at radius 1 is 1.23 bits per heavy atom. The van der Waals surface area contributed by atoms with Gasteiger partial charge in [-0.15, -0.1) is 11.8 Å². The van der Waals surface area contributed by atoms with E-state index in [1.54, 1.807) is 18.8 Å². The van der Waals surface area contributed by atoms with Crippen molar-refractivity contribution >= 4 is 23.4 Å². The molecule has 1 aromatic carbocycles. The van der Waals surface area contributed by atoms with Gasteiger partial charge in [0, 0.05) is 25.3 Å². The molecule has 0 saturated heterocycles. The van der Waals surface area contributed by atoms with E-state index < -0.39 is 0 Å². The molecule has 2 aromatic rings. The molecule has 0 saturated carbocycles. The van der Waals surface area contributed by atoms with E-state index in [9.17, 15) is 4.79 Å². The van der Waals surface area contributed by atoms with E-state index in [2.05, 4.69) is 27.1 Å². The number of nitrogens with one attached hydrogen (secondary N) is 3. The number of allylic oxidation sites excluding steroid dienone is 2. The maximum Gasteiger partial charge on any atom is 0.273 e. The highest BCUT2D eigenvalue weighted by Crippen LogP contribution is 2.11. The molecule has 1 aromatic heterocycles. The van der Waals surface area contributed by atoms with Gasteiger partial charge in [-0.05, 0) is 36.3 Å². The molecular weight excluding hydrogens is 346 g/mol. The third-order valence-corrected chi connectivity index (χ3v) is 3.96. The van der Waals surface area contributed by atoms with Crippen LogP contribution in [0.25, 0.3) is 0 Å². The lowest BCUT2D eigenvalue weighted by atomic mass is 10.2. The average Bonchev–Trinajstić information content (AvgIpc) is 2.63. The topological polar surface area (TPSA) is 71.0 Å². The van der Waals surface area contributed by atoms with Crippen LogP contribution in [0.5, 0.6) is 0 Å². The Hall–Kier alpha value is -2.67. The van der Waals surface area contributed by atoms with Crippen molar-refractivity contribution in [3.05, 3.63) is 75.6 Å². The fourth-order valence-electron chi connectivity index (χ4n) is 2.32. The number of aryl methyl sites for hydroxylation is 1. The van der Waals surface area contributed by atoms with Gasteiger partial charge in [0.2, 0.25) is 5.95 Å². The highest BCUT2D eigenvalue weighted by Gasteiger charge is 2.07. The fraction of sp³-hybridized carbons (Fsp3) is 0.263. The van der Waals surface area contributed by atoms with Crippen molar-refractivity contribution in [1.82, 2.24) is 9.66 Å². The molecule has 0 fully saturated rings. The van der Waals surface area contributed by atoms with E-state index in [0.717, 1.165) is 5.69 Å². The summed E-state index contributed by atoms with van der Waals surface area (Å²) in [4.78, 5) is 16.8. The van der Waals surface area contributed by atoms with E-state index in [-0.39, 0.29) is 5.56 Å². The van der Waals surface area contributed by atoms with E-state index in [1.807, 2.05) is 55.0 Å². The van der Waals surface area contributed by atoms with Gasteiger partial charge >= 0.3 is 0 Å². The van der Waals surface area contributed by atoms with Crippen LogP contribution in [0, 0.1) is 6.92 Å². The van der Waals surface area contributed by atoms with Gasteiger partial charge in [0.15, 0.2) is 0 Å². The first-order valence-electron chi connectivity index (χ1n) is 8.33. The lowest BCUT2D eigenvalue weighted by Crippen LogP contribution is -2.31. The molecule has 0 amide bonds. The summed E-state index contributed by atoms with van der Waals surface area (Å²) < 4.78 is 1.39. The van der Waals surface area contributed by atoms with E-state index in [1.165, 1.54) is 16.3 Å². The SMILES string of the molecule is CNn1c(NC/C=C/C=C\SC)nc(CNc2cccc(C)c2)cc1=O. The predicted octanol–water partition coefficient (Wildman–Crippen LogP) is 3.18. The van der Waals surface area contributed by atoms with Crippen molar-refractivity contribution in [2.24, 2.45) is 0 Å². The first-order valence-corrected chi connectivity index (χ1v) is 9.62. The van der Waals surface area contributed by atoms with Crippen molar-refractivity contribution in [3.8, 4) is 0 Å². The maximum absolute atomic E-state index is 12.3. The zero-order valence-electron chi connectivity index (χ0n) is 15.3. The van der Waals surface area contributed by atoms with Crippen LogP contribution in [0.4, 0.5) is 11.6 Å². The van der Waals surface area contributed by atoms with Gasteiger partial charge in [-0.1, -0.05) is 30.4 Å². The maximum atomic E-state index is 12.3. The summed E-state index contributed by atoms with van der Waals surface area (Å²) >= 11 is 1.64. The van der Waals surface area contributed by atoms with E-state index in [0.29, 0.717) is 24.7 Å². The summed E-state index contributed by atoms with van der Waals surface area (Å²) in [5.74, 6) is 0.486. The molecule has 0 unspecified atom stereocenters. The van der Waals surface area contributed by atoms with Crippen molar-refractivity contribution in [3.63, 3.8) is 0 Å².